The molecule has 32 heavy (non-hydrogen) atoms. The predicted octanol–water partition coefficient (Wildman–Crippen LogP) is 3.99. The van der Waals surface area contributed by atoms with E-state index in [-0.39, 0.29) is 11.4 Å². The zero-order chi connectivity index (χ0) is 22.5. The Hall–Kier alpha value is -4.07. The first-order valence-electron chi connectivity index (χ1n) is 10.2. The molecule has 2 aromatic rings. The van der Waals surface area contributed by atoms with Gasteiger partial charge in [-0.2, -0.15) is 4.99 Å². The molecule has 2 aliphatic heterocycles. The average Bonchev–Trinajstić information content (AvgIpc) is 3.16. The quantitative estimate of drug-likeness (QED) is 0.500. The molecule has 8 heteroatoms. The van der Waals surface area contributed by atoms with Crippen LogP contribution >= 0.6 is 0 Å². The van der Waals surface area contributed by atoms with E-state index in [0.29, 0.717) is 48.5 Å². The minimum Gasteiger partial charge on any atom is -0.490 e. The van der Waals surface area contributed by atoms with Crippen molar-refractivity contribution < 1.29 is 23.8 Å². The van der Waals surface area contributed by atoms with Gasteiger partial charge in [0.15, 0.2) is 23.2 Å². The van der Waals surface area contributed by atoms with Crippen LogP contribution in [0.3, 0.4) is 0 Å². The fraction of sp³-hybridized carbons (Fsp3) is 0.208. The van der Waals surface area contributed by atoms with E-state index < -0.39 is 5.91 Å². The van der Waals surface area contributed by atoms with Crippen LogP contribution in [0.4, 0.5) is 0 Å². The first-order chi connectivity index (χ1) is 15.5. The normalized spacial score (nSPS) is 16.3. The fourth-order valence-corrected chi connectivity index (χ4v) is 3.20. The van der Waals surface area contributed by atoms with E-state index in [1.807, 2.05) is 37.3 Å². The first-order valence-corrected chi connectivity index (χ1v) is 10.2. The van der Waals surface area contributed by atoms with Gasteiger partial charge in [-0.1, -0.05) is 24.3 Å². The molecule has 0 aromatic heterocycles. The molecule has 0 unspecified atom stereocenters. The van der Waals surface area contributed by atoms with Crippen LogP contribution in [0.25, 0.3) is 6.08 Å². The van der Waals surface area contributed by atoms with Crippen LogP contribution in [-0.2, 0) is 9.63 Å². The molecular weight excluding hydrogens is 410 g/mol. The van der Waals surface area contributed by atoms with E-state index in [1.165, 1.54) is 5.06 Å². The Labute approximate surface area is 185 Å². The summed E-state index contributed by atoms with van der Waals surface area (Å²) in [5.74, 6) is 2.21. The molecule has 2 heterocycles. The Kier molecular flexibility index (Phi) is 6.21. The number of nitrogens with zero attached hydrogens (tertiary/aromatic N) is 2. The number of para-hydroxylation sites is 1. The number of carbonyl (C=O) groups is 1. The number of hydrogen-bond donors (Lipinski definition) is 1. The van der Waals surface area contributed by atoms with E-state index in [4.69, 9.17) is 24.5 Å². The molecule has 0 fully saturated rings. The lowest BCUT2D eigenvalue weighted by Gasteiger charge is -2.23. The maximum atomic E-state index is 12.4. The number of nitrogens with one attached hydrogen (secondary N) is 1. The monoisotopic (exact) mass is 433 g/mol. The van der Waals surface area contributed by atoms with Gasteiger partial charge in [-0.25, -0.2) is 0 Å². The molecule has 0 aliphatic carbocycles. The van der Waals surface area contributed by atoms with Crippen LogP contribution < -0.4 is 14.2 Å². The number of amides is 1. The molecule has 1 N–H and O–H groups in total. The molecule has 0 atom stereocenters. The van der Waals surface area contributed by atoms with Gasteiger partial charge in [0.2, 0.25) is 0 Å². The molecule has 0 saturated carbocycles. The number of hydroxylamine groups is 2. The molecule has 0 radical (unpaired) electrons. The third-order valence-corrected chi connectivity index (χ3v) is 4.61. The number of carbonyl (C=O) groups excluding carboxylic acids is 1. The smallest absolute Gasteiger partial charge is 0.282 e. The number of benzene rings is 2. The number of aliphatic imine (C=N–C) groups is 1. The number of allylic oxidation sites excluding steroid dienone is 1. The van der Waals surface area contributed by atoms with Crippen molar-refractivity contribution in [1.29, 1.82) is 5.41 Å². The van der Waals surface area contributed by atoms with Gasteiger partial charge in [0.05, 0.1) is 12.2 Å². The number of ether oxygens (including phenoxy) is 3. The van der Waals surface area contributed by atoms with E-state index in [0.717, 1.165) is 5.75 Å². The van der Waals surface area contributed by atoms with Gasteiger partial charge in [0.1, 0.15) is 24.7 Å². The number of rotatable bonds is 8. The highest BCUT2D eigenvalue weighted by atomic mass is 16.7. The summed E-state index contributed by atoms with van der Waals surface area (Å²) in [6.07, 6.45) is 3.21. The second-order valence-electron chi connectivity index (χ2n) is 6.97. The van der Waals surface area contributed by atoms with E-state index in [9.17, 15) is 4.79 Å². The highest BCUT2D eigenvalue weighted by Crippen LogP contribution is 2.30. The van der Waals surface area contributed by atoms with Crippen molar-refractivity contribution in [1.82, 2.24) is 5.06 Å². The fourth-order valence-electron chi connectivity index (χ4n) is 3.20. The van der Waals surface area contributed by atoms with Crippen LogP contribution in [0.1, 0.15) is 19.4 Å². The Morgan fingerprint density at radius 3 is 2.62 bits per heavy atom. The highest BCUT2D eigenvalue weighted by Gasteiger charge is 2.34. The summed E-state index contributed by atoms with van der Waals surface area (Å²) in [5.41, 5.74) is 0.807. The van der Waals surface area contributed by atoms with Crippen molar-refractivity contribution in [3.63, 3.8) is 0 Å². The largest absolute Gasteiger partial charge is 0.490 e. The van der Waals surface area contributed by atoms with Crippen LogP contribution in [0.5, 0.6) is 17.2 Å². The summed E-state index contributed by atoms with van der Waals surface area (Å²) in [6.45, 7) is 4.79. The SMILES string of the molecule is CCOc1cc(/C=C2\C(=N)N3OC(C)=CC3=NC2=O)ccc1OCCOc1ccccc1. The Balaban J connectivity index is 1.47. The lowest BCUT2D eigenvalue weighted by atomic mass is 10.1. The van der Waals surface area contributed by atoms with Crippen LogP contribution in [0.15, 0.2) is 70.9 Å². The minimum absolute atomic E-state index is 0.0653. The van der Waals surface area contributed by atoms with Gasteiger partial charge < -0.3 is 19.0 Å². The molecule has 2 aliphatic rings. The summed E-state index contributed by atoms with van der Waals surface area (Å²) >= 11 is 0. The Bertz CT molecular complexity index is 1120. The van der Waals surface area contributed by atoms with Gasteiger partial charge in [-0.15, -0.1) is 5.06 Å². The zero-order valence-electron chi connectivity index (χ0n) is 17.8. The van der Waals surface area contributed by atoms with Gasteiger partial charge in [-0.05, 0) is 49.8 Å². The molecular formula is C24H23N3O5. The number of amidine groups is 2. The number of hydrogen-bond acceptors (Lipinski definition) is 6. The molecule has 0 bridgehead atoms. The summed E-state index contributed by atoms with van der Waals surface area (Å²) < 4.78 is 17.2. The molecule has 164 valence electrons. The van der Waals surface area contributed by atoms with E-state index in [2.05, 4.69) is 4.99 Å². The van der Waals surface area contributed by atoms with Gasteiger partial charge in [0, 0.05) is 6.08 Å². The predicted molar refractivity (Wildman–Crippen MR) is 120 cm³/mol. The Morgan fingerprint density at radius 2 is 1.84 bits per heavy atom. The molecule has 0 spiro atoms. The topological polar surface area (TPSA) is 93.4 Å². The zero-order valence-corrected chi connectivity index (χ0v) is 17.8. The minimum atomic E-state index is -0.493. The van der Waals surface area contributed by atoms with Crippen molar-refractivity contribution in [3.8, 4) is 17.2 Å². The highest BCUT2D eigenvalue weighted by molar-refractivity contribution is 6.32. The molecule has 8 nitrogen and oxygen atoms in total. The average molecular weight is 433 g/mol. The van der Waals surface area contributed by atoms with Crippen molar-refractivity contribution in [2.45, 2.75) is 13.8 Å². The maximum Gasteiger partial charge on any atom is 0.282 e. The van der Waals surface area contributed by atoms with Crippen LogP contribution in [0, 0.1) is 5.41 Å². The van der Waals surface area contributed by atoms with Crippen molar-refractivity contribution in [3.05, 3.63) is 71.5 Å². The second-order valence-corrected chi connectivity index (χ2v) is 6.97. The molecule has 1 amide bonds. The standard InChI is InChI=1S/C24H23N3O5/c1-3-29-21-15-17(9-10-20(21)31-12-11-30-18-7-5-4-6-8-18)14-19-23(25)27-22(26-24(19)28)13-16(2)32-27/h4-10,13-15,25H,3,11-12H2,1-2H3/b19-14+,25-23?. The molecule has 0 saturated heterocycles. The third kappa shape index (κ3) is 4.64. The van der Waals surface area contributed by atoms with Gasteiger partial charge >= 0.3 is 0 Å². The molecule has 2 aromatic carbocycles. The van der Waals surface area contributed by atoms with Crippen LogP contribution in [-0.4, -0.2) is 42.5 Å². The summed E-state index contributed by atoms with van der Waals surface area (Å²) in [6, 6.07) is 14.8. The lowest BCUT2D eigenvalue weighted by molar-refractivity contribution is -0.114. The summed E-state index contributed by atoms with van der Waals surface area (Å²) in [5, 5.41) is 9.56. The summed E-state index contributed by atoms with van der Waals surface area (Å²) in [7, 11) is 0. The third-order valence-electron chi connectivity index (χ3n) is 4.61. The van der Waals surface area contributed by atoms with E-state index in [1.54, 1.807) is 37.3 Å². The maximum absolute atomic E-state index is 12.4. The van der Waals surface area contributed by atoms with Gasteiger partial charge in [-0.3, -0.25) is 10.2 Å². The Morgan fingerprint density at radius 1 is 1.06 bits per heavy atom. The molecule has 4 rings (SSSR count). The lowest BCUT2D eigenvalue weighted by Crippen LogP contribution is -2.38. The van der Waals surface area contributed by atoms with Crippen LogP contribution in [0.2, 0.25) is 0 Å². The van der Waals surface area contributed by atoms with E-state index >= 15 is 0 Å². The second kappa shape index (κ2) is 9.38. The van der Waals surface area contributed by atoms with Crippen molar-refractivity contribution in [2.24, 2.45) is 4.99 Å². The van der Waals surface area contributed by atoms with Gasteiger partial charge in [0.25, 0.3) is 5.91 Å². The number of fused-ring (bicyclic) bond motifs is 1. The first kappa shape index (κ1) is 21.2. The summed E-state index contributed by atoms with van der Waals surface area (Å²) in [4.78, 5) is 21.9. The van der Waals surface area contributed by atoms with Crippen molar-refractivity contribution >= 4 is 23.7 Å². The van der Waals surface area contributed by atoms with Crippen molar-refractivity contribution in [2.75, 3.05) is 19.8 Å².